The van der Waals surface area contributed by atoms with Gasteiger partial charge in [0.05, 0.1) is 17.8 Å². The molecule has 2 N–H and O–H groups in total. The molecule has 8 heteroatoms. The predicted octanol–water partition coefficient (Wildman–Crippen LogP) is 1.44. The average Bonchev–Trinajstić information content (AvgIpc) is 2.46. The number of nitrogens with zero attached hydrogens (tertiary/aromatic N) is 1. The number of benzene rings is 1. The number of carbonyl (C=O) groups is 2. The molecule has 23 heavy (non-hydrogen) atoms. The van der Waals surface area contributed by atoms with Crippen molar-refractivity contribution in [3.63, 3.8) is 0 Å². The van der Waals surface area contributed by atoms with E-state index in [1.165, 1.54) is 18.2 Å². The third-order valence-electron chi connectivity index (χ3n) is 3.73. The fraction of sp³-hybridized carbons (Fsp3) is 0.467. The van der Waals surface area contributed by atoms with Gasteiger partial charge < -0.3 is 15.4 Å². The summed E-state index contributed by atoms with van der Waals surface area (Å²) in [5.74, 6) is -0.664. The lowest BCUT2D eigenvalue weighted by molar-refractivity contribution is -0.136. The van der Waals surface area contributed by atoms with E-state index in [2.05, 4.69) is 15.4 Å². The van der Waals surface area contributed by atoms with Gasteiger partial charge >= 0.3 is 6.61 Å². The molecule has 0 bridgehead atoms. The number of alkyl halides is 2. The fourth-order valence-electron chi connectivity index (χ4n) is 2.35. The second-order valence-electron chi connectivity index (χ2n) is 5.66. The second-order valence-corrected chi connectivity index (χ2v) is 5.66. The molecule has 0 unspecified atom stereocenters. The molecule has 0 aromatic heterocycles. The van der Waals surface area contributed by atoms with Crippen molar-refractivity contribution >= 4 is 17.5 Å². The second kappa shape index (κ2) is 6.91. The number of amides is 2. The lowest BCUT2D eigenvalue weighted by Gasteiger charge is -2.40. The number of hydrogen-bond donors (Lipinski definition) is 2. The van der Waals surface area contributed by atoms with E-state index in [1.54, 1.807) is 24.8 Å². The molecule has 1 fully saturated rings. The third-order valence-corrected chi connectivity index (χ3v) is 3.73. The first kappa shape index (κ1) is 17.1. The Balaban J connectivity index is 2.04. The largest absolute Gasteiger partial charge is 0.433 e. The van der Waals surface area contributed by atoms with Crippen LogP contribution in [0.3, 0.4) is 0 Å². The highest BCUT2D eigenvalue weighted by Crippen LogP contribution is 2.25. The van der Waals surface area contributed by atoms with E-state index in [0.717, 1.165) is 0 Å². The average molecular weight is 327 g/mol. The smallest absolute Gasteiger partial charge is 0.387 e. The van der Waals surface area contributed by atoms with Crippen molar-refractivity contribution in [3.8, 4) is 5.75 Å². The van der Waals surface area contributed by atoms with Gasteiger partial charge in [-0.15, -0.1) is 0 Å². The number of halogens is 2. The van der Waals surface area contributed by atoms with E-state index in [0.29, 0.717) is 13.1 Å². The van der Waals surface area contributed by atoms with Crippen LogP contribution in [0.25, 0.3) is 0 Å². The van der Waals surface area contributed by atoms with Gasteiger partial charge in [-0.3, -0.25) is 14.5 Å². The predicted molar refractivity (Wildman–Crippen MR) is 80.4 cm³/mol. The van der Waals surface area contributed by atoms with Crippen LogP contribution in [0.5, 0.6) is 5.75 Å². The minimum absolute atomic E-state index is 0.0244. The Morgan fingerprint density at radius 3 is 2.83 bits per heavy atom. The van der Waals surface area contributed by atoms with E-state index >= 15 is 0 Å². The summed E-state index contributed by atoms with van der Waals surface area (Å²) in [6.45, 7) is 1.44. The molecule has 0 atom stereocenters. The summed E-state index contributed by atoms with van der Waals surface area (Å²) in [4.78, 5) is 25.8. The summed E-state index contributed by atoms with van der Waals surface area (Å²) in [6.07, 6.45) is 0. The molecule has 0 radical (unpaired) electrons. The Kier molecular flexibility index (Phi) is 5.15. The monoisotopic (exact) mass is 327 g/mol. The van der Waals surface area contributed by atoms with Crippen LogP contribution >= 0.6 is 0 Å². The lowest BCUT2D eigenvalue weighted by Crippen LogP contribution is -2.62. The molecule has 2 amide bonds. The molecule has 0 spiro atoms. The maximum atomic E-state index is 12.4. The van der Waals surface area contributed by atoms with Crippen molar-refractivity contribution in [1.29, 1.82) is 0 Å². The zero-order chi connectivity index (χ0) is 17.0. The van der Waals surface area contributed by atoms with Crippen molar-refractivity contribution in [2.24, 2.45) is 0 Å². The van der Waals surface area contributed by atoms with Gasteiger partial charge in [-0.2, -0.15) is 8.78 Å². The number of hydrogen-bond acceptors (Lipinski definition) is 4. The van der Waals surface area contributed by atoms with Gasteiger partial charge in [-0.25, -0.2) is 0 Å². The number of nitrogens with one attached hydrogen (secondary N) is 2. The summed E-state index contributed by atoms with van der Waals surface area (Å²) in [5.41, 5.74) is -0.647. The maximum absolute atomic E-state index is 12.4. The topological polar surface area (TPSA) is 70.7 Å². The van der Waals surface area contributed by atoms with E-state index < -0.39 is 18.1 Å². The van der Waals surface area contributed by atoms with Gasteiger partial charge in [-0.1, -0.05) is 12.1 Å². The Hall–Kier alpha value is -2.22. The summed E-state index contributed by atoms with van der Waals surface area (Å²) < 4.78 is 29.1. The molecular formula is C15H19F2N3O3. The third kappa shape index (κ3) is 4.16. The van der Waals surface area contributed by atoms with E-state index in [1.807, 2.05) is 0 Å². The van der Waals surface area contributed by atoms with Gasteiger partial charge in [-0.05, 0) is 26.0 Å². The highest BCUT2D eigenvalue weighted by molar-refractivity contribution is 5.94. The minimum Gasteiger partial charge on any atom is -0.433 e. The van der Waals surface area contributed by atoms with Crippen molar-refractivity contribution in [2.75, 3.05) is 25.0 Å². The molecular weight excluding hydrogens is 308 g/mol. The zero-order valence-corrected chi connectivity index (χ0v) is 12.9. The molecule has 1 saturated heterocycles. The summed E-state index contributed by atoms with van der Waals surface area (Å²) in [7, 11) is 0. The van der Waals surface area contributed by atoms with Gasteiger partial charge in [0.1, 0.15) is 5.75 Å². The Morgan fingerprint density at radius 2 is 2.13 bits per heavy atom. The molecule has 1 aromatic carbocycles. The quantitative estimate of drug-likeness (QED) is 0.858. The molecule has 1 aliphatic heterocycles. The molecule has 2 rings (SSSR count). The summed E-state index contributed by atoms with van der Waals surface area (Å²) in [6, 6.07) is 5.96. The SMILES string of the molecule is CC1(C)C(=O)NCCN1CC(=O)Nc1ccccc1OC(F)F. The van der Waals surface area contributed by atoms with Crippen molar-refractivity contribution < 1.29 is 23.1 Å². The number of ether oxygens (including phenoxy) is 1. The molecule has 126 valence electrons. The zero-order valence-electron chi connectivity index (χ0n) is 12.9. The normalized spacial score (nSPS) is 17.7. The van der Waals surface area contributed by atoms with E-state index in [4.69, 9.17) is 0 Å². The van der Waals surface area contributed by atoms with Crippen molar-refractivity contribution in [3.05, 3.63) is 24.3 Å². The molecule has 0 aliphatic carbocycles. The first-order valence-corrected chi connectivity index (χ1v) is 7.18. The number of carbonyl (C=O) groups excluding carboxylic acids is 2. The molecule has 6 nitrogen and oxygen atoms in total. The van der Waals surface area contributed by atoms with Gasteiger partial charge in [0, 0.05) is 13.1 Å². The van der Waals surface area contributed by atoms with Crippen molar-refractivity contribution in [2.45, 2.75) is 26.0 Å². The highest BCUT2D eigenvalue weighted by atomic mass is 19.3. The van der Waals surface area contributed by atoms with Crippen LogP contribution < -0.4 is 15.4 Å². The Labute approximate surface area is 132 Å². The van der Waals surface area contributed by atoms with Crippen LogP contribution in [0.2, 0.25) is 0 Å². The number of para-hydroxylation sites is 2. The minimum atomic E-state index is -2.97. The standard InChI is InChI=1S/C15H19F2N3O3/c1-15(2)13(22)18-7-8-20(15)9-12(21)19-10-5-3-4-6-11(10)23-14(16)17/h3-6,14H,7-9H2,1-2H3,(H,18,22)(H,19,21). The van der Waals surface area contributed by atoms with Gasteiger partial charge in [0.25, 0.3) is 0 Å². The lowest BCUT2D eigenvalue weighted by atomic mass is 9.99. The van der Waals surface area contributed by atoms with Crippen LogP contribution in [0.4, 0.5) is 14.5 Å². The fourth-order valence-corrected chi connectivity index (χ4v) is 2.35. The Morgan fingerprint density at radius 1 is 1.43 bits per heavy atom. The van der Waals surface area contributed by atoms with Gasteiger partial charge in [0.15, 0.2) is 0 Å². The summed E-state index contributed by atoms with van der Waals surface area (Å²) in [5, 5.41) is 5.29. The molecule has 1 aliphatic rings. The van der Waals surface area contributed by atoms with Crippen LogP contribution in [0.1, 0.15) is 13.8 Å². The van der Waals surface area contributed by atoms with Crippen LogP contribution in [0, 0.1) is 0 Å². The van der Waals surface area contributed by atoms with Crippen LogP contribution in [0.15, 0.2) is 24.3 Å². The maximum Gasteiger partial charge on any atom is 0.387 e. The molecule has 1 heterocycles. The molecule has 1 aromatic rings. The van der Waals surface area contributed by atoms with Gasteiger partial charge in [0.2, 0.25) is 11.8 Å². The van der Waals surface area contributed by atoms with Crippen molar-refractivity contribution in [1.82, 2.24) is 10.2 Å². The Bertz CT molecular complexity index is 593. The van der Waals surface area contributed by atoms with E-state index in [-0.39, 0.29) is 23.9 Å². The van der Waals surface area contributed by atoms with E-state index in [9.17, 15) is 18.4 Å². The number of rotatable bonds is 5. The highest BCUT2D eigenvalue weighted by Gasteiger charge is 2.38. The van der Waals surface area contributed by atoms with Crippen LogP contribution in [-0.4, -0.2) is 48.5 Å². The first-order valence-electron chi connectivity index (χ1n) is 7.18. The molecule has 0 saturated carbocycles. The first-order chi connectivity index (χ1) is 10.8. The number of anilines is 1. The number of piperazine rings is 1. The van der Waals surface area contributed by atoms with Crippen LogP contribution in [-0.2, 0) is 9.59 Å². The summed E-state index contributed by atoms with van der Waals surface area (Å²) >= 11 is 0.